The molecular weight excluding hydrogens is 671 g/mol. The first kappa shape index (κ1) is 35.5. The summed E-state index contributed by atoms with van der Waals surface area (Å²) in [5, 5.41) is 11.9. The molecule has 0 radical (unpaired) electrons. The molecule has 1 unspecified atom stereocenters. The molecule has 3 heterocycles. The minimum absolute atomic E-state index is 0.00200. The largest absolute Gasteiger partial charge is 0.481 e. The summed E-state index contributed by atoms with van der Waals surface area (Å²) in [6, 6.07) is 15.6. The van der Waals surface area contributed by atoms with Gasteiger partial charge in [-0.1, -0.05) is 18.2 Å². The highest BCUT2D eigenvalue weighted by atomic mass is 32.1. The number of pyridine rings is 1. The number of carbonyl (C=O) groups is 3. The summed E-state index contributed by atoms with van der Waals surface area (Å²) in [4.78, 5) is 40.5. The van der Waals surface area contributed by atoms with Gasteiger partial charge in [-0.15, -0.1) is 0 Å². The van der Waals surface area contributed by atoms with E-state index >= 15 is 0 Å². The van der Waals surface area contributed by atoms with E-state index in [1.165, 1.54) is 34.6 Å². The predicted molar refractivity (Wildman–Crippen MR) is 196 cm³/mol. The zero-order valence-corrected chi connectivity index (χ0v) is 30.0. The first-order valence-electron chi connectivity index (χ1n) is 17.3. The van der Waals surface area contributed by atoms with Gasteiger partial charge in [0.15, 0.2) is 5.78 Å². The summed E-state index contributed by atoms with van der Waals surface area (Å²) >= 11 is 2.46. The second kappa shape index (κ2) is 16.1. The molecule has 50 heavy (non-hydrogen) atoms. The Morgan fingerprint density at radius 1 is 0.820 bits per heavy atom. The lowest BCUT2D eigenvalue weighted by Crippen LogP contribution is -2.41. The minimum atomic E-state index is -0.642. The Kier molecular flexibility index (Phi) is 11.4. The van der Waals surface area contributed by atoms with E-state index in [1.54, 1.807) is 13.0 Å². The summed E-state index contributed by atoms with van der Waals surface area (Å²) in [5.41, 5.74) is 13.8. The number of nitrogens with zero attached hydrogens (tertiary/aromatic N) is 5. The number of carboxylic acids is 1. The summed E-state index contributed by atoms with van der Waals surface area (Å²) in [5.74, 6) is 0.678. The number of nitrogen functional groups attached to an aromatic ring is 1. The van der Waals surface area contributed by atoms with Crippen LogP contribution in [0.1, 0.15) is 74.3 Å². The molecule has 2 aromatic carbocycles. The lowest BCUT2D eigenvalue weighted by atomic mass is 9.96. The van der Waals surface area contributed by atoms with Crippen molar-refractivity contribution in [3.63, 3.8) is 0 Å². The molecule has 2 aliphatic carbocycles. The van der Waals surface area contributed by atoms with Crippen molar-refractivity contribution in [1.82, 2.24) is 27.8 Å². The normalized spacial score (nSPS) is 20.8. The summed E-state index contributed by atoms with van der Waals surface area (Å²) in [6.07, 6.45) is 8.27. The lowest BCUT2D eigenvalue weighted by molar-refractivity contribution is -0.141. The number of carbonyl (C=O) groups excluding carboxylic acids is 2. The van der Waals surface area contributed by atoms with Crippen LogP contribution in [0.2, 0.25) is 0 Å². The zero-order chi connectivity index (χ0) is 35.2. The van der Waals surface area contributed by atoms with Crippen molar-refractivity contribution in [3.8, 4) is 0 Å². The highest BCUT2D eigenvalue weighted by molar-refractivity contribution is 7.00. The first-order valence-corrected chi connectivity index (χ1v) is 18.8. The lowest BCUT2D eigenvalue weighted by Gasteiger charge is -2.17. The molecule has 7 rings (SSSR count). The number of amides is 1. The molecule has 0 aliphatic heterocycles. The van der Waals surface area contributed by atoms with Gasteiger partial charge in [0.2, 0.25) is 5.91 Å². The molecule has 262 valence electrons. The number of nitrogens with one attached hydrogen (secondary N) is 1. The highest BCUT2D eigenvalue weighted by Crippen LogP contribution is 2.35. The topological polar surface area (TPSA) is 174 Å². The number of Topliss-reactive ketones (excluding diaryl/α,β-unsaturated/α-hetero) is 1. The van der Waals surface area contributed by atoms with Crippen LogP contribution in [0.25, 0.3) is 22.1 Å². The molecule has 2 saturated carbocycles. The van der Waals surface area contributed by atoms with Gasteiger partial charge in [-0.2, -0.15) is 17.5 Å². The zero-order valence-electron chi connectivity index (χ0n) is 28.4. The number of carboxylic acid groups (broad SMARTS) is 1. The smallest absolute Gasteiger partial charge is 0.306 e. The van der Waals surface area contributed by atoms with Gasteiger partial charge in [-0.3, -0.25) is 14.4 Å². The predicted octanol–water partition coefficient (Wildman–Crippen LogP) is 6.38. The number of aromatic nitrogens is 5. The SMILES string of the molecule is Cc1nc(N)ccc1CCC(=O)[C@H](C)NC(=O)C1CC[C@@H](Cc2ccc3nsnc3c2)C1.O=C(O)[C@@H]1CC[C@@H](Cc2ccc3nsnc3c2)C1. The fourth-order valence-corrected chi connectivity index (χ4v) is 8.35. The van der Waals surface area contributed by atoms with E-state index in [4.69, 9.17) is 10.8 Å². The maximum Gasteiger partial charge on any atom is 0.306 e. The van der Waals surface area contributed by atoms with Crippen molar-refractivity contribution in [2.75, 3.05) is 5.73 Å². The first-order chi connectivity index (χ1) is 24.1. The van der Waals surface area contributed by atoms with Crippen LogP contribution in [0.15, 0.2) is 48.5 Å². The fourth-order valence-electron chi connectivity index (χ4n) is 7.32. The number of hydrogen-bond acceptors (Lipinski definition) is 11. The third-order valence-corrected chi connectivity index (χ3v) is 11.3. The summed E-state index contributed by atoms with van der Waals surface area (Å²) in [6.45, 7) is 3.67. The van der Waals surface area contributed by atoms with Crippen LogP contribution in [0.4, 0.5) is 5.82 Å². The van der Waals surface area contributed by atoms with Crippen molar-refractivity contribution in [2.45, 2.75) is 84.1 Å². The third kappa shape index (κ3) is 9.05. The number of aryl methyl sites for hydroxylation is 2. The molecule has 5 aromatic rings. The molecule has 0 bridgehead atoms. The molecule has 1 amide bonds. The molecule has 3 aromatic heterocycles. The maximum absolute atomic E-state index is 12.8. The monoisotopic (exact) mass is 713 g/mol. The Morgan fingerprint density at radius 3 is 1.94 bits per heavy atom. The van der Waals surface area contributed by atoms with Gasteiger partial charge in [-0.25, -0.2) is 4.98 Å². The number of anilines is 1. The van der Waals surface area contributed by atoms with Crippen molar-refractivity contribution >= 4 is 69.0 Å². The Morgan fingerprint density at radius 2 is 1.38 bits per heavy atom. The van der Waals surface area contributed by atoms with E-state index in [1.807, 2.05) is 25.1 Å². The van der Waals surface area contributed by atoms with Crippen molar-refractivity contribution in [1.29, 1.82) is 0 Å². The second-order valence-corrected chi connectivity index (χ2v) is 14.9. The van der Waals surface area contributed by atoms with E-state index < -0.39 is 12.0 Å². The Bertz CT molecular complexity index is 1980. The van der Waals surface area contributed by atoms with E-state index in [2.05, 4.69) is 52.1 Å². The number of ketones is 1. The quantitative estimate of drug-likeness (QED) is 0.139. The van der Waals surface area contributed by atoms with Crippen LogP contribution in [-0.2, 0) is 33.6 Å². The molecule has 13 heteroatoms. The van der Waals surface area contributed by atoms with Gasteiger partial charge in [0.05, 0.1) is 35.4 Å². The van der Waals surface area contributed by atoms with E-state index in [0.717, 1.165) is 84.7 Å². The summed E-state index contributed by atoms with van der Waals surface area (Å²) in [7, 11) is 0. The van der Waals surface area contributed by atoms with Crippen molar-refractivity contribution < 1.29 is 19.5 Å². The van der Waals surface area contributed by atoms with Crippen LogP contribution in [0.3, 0.4) is 0 Å². The van der Waals surface area contributed by atoms with Crippen LogP contribution in [-0.4, -0.2) is 51.3 Å². The molecule has 2 aliphatic rings. The van der Waals surface area contributed by atoms with Crippen molar-refractivity contribution in [3.05, 3.63) is 70.9 Å². The summed E-state index contributed by atoms with van der Waals surface area (Å²) < 4.78 is 17.0. The molecule has 0 spiro atoms. The number of nitrogens with two attached hydrogens (primary N) is 1. The molecule has 2 fully saturated rings. The van der Waals surface area contributed by atoms with Crippen LogP contribution < -0.4 is 11.1 Å². The van der Waals surface area contributed by atoms with E-state index in [0.29, 0.717) is 30.5 Å². The maximum atomic E-state index is 12.8. The molecule has 4 N–H and O–H groups in total. The van der Waals surface area contributed by atoms with Crippen LogP contribution in [0.5, 0.6) is 0 Å². The fraction of sp³-hybridized carbons (Fsp3) is 0.459. The highest BCUT2D eigenvalue weighted by Gasteiger charge is 2.32. The minimum Gasteiger partial charge on any atom is -0.481 e. The molecule has 5 atom stereocenters. The number of benzene rings is 2. The number of hydrogen-bond donors (Lipinski definition) is 3. The Labute approximate surface area is 299 Å². The van der Waals surface area contributed by atoms with Crippen molar-refractivity contribution in [2.24, 2.45) is 23.7 Å². The van der Waals surface area contributed by atoms with Gasteiger partial charge in [0.25, 0.3) is 0 Å². The number of fused-ring (bicyclic) bond motifs is 2. The van der Waals surface area contributed by atoms with E-state index in [-0.39, 0.29) is 23.5 Å². The van der Waals surface area contributed by atoms with Crippen LogP contribution in [0, 0.1) is 30.6 Å². The van der Waals surface area contributed by atoms with Gasteiger partial charge in [-0.05, 0) is 130 Å². The Balaban J connectivity index is 0.000000202. The average molecular weight is 714 g/mol. The second-order valence-electron chi connectivity index (χ2n) is 13.9. The Hall–Kier alpha value is -4.36. The number of rotatable bonds is 11. The van der Waals surface area contributed by atoms with E-state index in [9.17, 15) is 14.4 Å². The third-order valence-electron chi connectivity index (χ3n) is 10.2. The van der Waals surface area contributed by atoms with Crippen LogP contribution >= 0.6 is 23.5 Å². The number of aliphatic carboxylic acids is 1. The van der Waals surface area contributed by atoms with Gasteiger partial charge >= 0.3 is 5.97 Å². The van der Waals surface area contributed by atoms with Gasteiger partial charge in [0, 0.05) is 18.0 Å². The molecule has 11 nitrogen and oxygen atoms in total. The molecule has 0 saturated heterocycles. The van der Waals surface area contributed by atoms with Gasteiger partial charge in [0.1, 0.15) is 27.9 Å². The van der Waals surface area contributed by atoms with Gasteiger partial charge < -0.3 is 16.2 Å². The molecular formula is C37H43N7O4S2. The average Bonchev–Trinajstić information content (AvgIpc) is 3.92. The standard InChI is InChI=1S/C24H29N5O2S.C13H14N2O2S/c1-14-18(7-10-23(25)26-14)6-9-22(30)15(2)27-24(31)19-5-3-16(12-19)11-17-4-8-20-21(13-17)29-32-28-20;16-13(17)10-3-1-8(6-10)5-9-2-4-11-12(7-9)15-18-14-11/h4,7-8,10,13,15-16,19H,3,5-6,9,11-12H2,1-2H3,(H2,25,26)(H,27,31);2,4,7-8,10H,1,3,5-6H2,(H,16,17)/t15-,16-,19?;8-,10+/m00/s1.